The van der Waals surface area contributed by atoms with Crippen LogP contribution in [-0.4, -0.2) is 52.6 Å². The minimum absolute atomic E-state index is 0.173. The molecule has 144 valence electrons. The van der Waals surface area contributed by atoms with Gasteiger partial charge in [0.05, 0.1) is 0 Å². The molecule has 1 aliphatic carbocycles. The molecule has 1 unspecified atom stereocenters. The Balaban J connectivity index is 1.77. The molecule has 0 radical (unpaired) electrons. The Kier molecular flexibility index (Phi) is 4.81. The molecule has 1 amide bonds. The first-order valence-corrected chi connectivity index (χ1v) is 8.77. The number of carboxylic acid groups (broad SMARTS) is 1. The van der Waals surface area contributed by atoms with Crippen LogP contribution in [0.25, 0.3) is 0 Å². The van der Waals surface area contributed by atoms with Gasteiger partial charge in [-0.2, -0.15) is 13.2 Å². The maximum atomic E-state index is 13.0. The van der Waals surface area contributed by atoms with Crippen molar-refractivity contribution in [2.24, 2.45) is 0 Å². The van der Waals surface area contributed by atoms with Crippen molar-refractivity contribution in [2.45, 2.75) is 56.5 Å². The number of hydrogen-bond donors (Lipinski definition) is 2. The van der Waals surface area contributed by atoms with Crippen molar-refractivity contribution in [3.05, 3.63) is 29.8 Å². The van der Waals surface area contributed by atoms with E-state index in [0.29, 0.717) is 32.0 Å². The lowest BCUT2D eigenvalue weighted by molar-refractivity contribution is -0.258. The molecule has 26 heavy (non-hydrogen) atoms. The molecular weight excluding hydrogens is 349 g/mol. The largest absolute Gasteiger partial charge is 0.465 e. The highest BCUT2D eigenvalue weighted by molar-refractivity contribution is 5.65. The van der Waals surface area contributed by atoms with Crippen molar-refractivity contribution in [1.82, 2.24) is 4.90 Å². The van der Waals surface area contributed by atoms with E-state index in [4.69, 9.17) is 5.11 Å². The van der Waals surface area contributed by atoms with Gasteiger partial charge in [0.15, 0.2) is 5.60 Å². The van der Waals surface area contributed by atoms with E-state index < -0.39 is 17.9 Å². The van der Waals surface area contributed by atoms with Crippen LogP contribution in [0.4, 0.5) is 23.7 Å². The van der Waals surface area contributed by atoms with E-state index in [1.807, 2.05) is 0 Å². The van der Waals surface area contributed by atoms with E-state index in [0.717, 1.165) is 25.5 Å². The topological polar surface area (TPSA) is 64.0 Å². The number of anilines is 1. The summed E-state index contributed by atoms with van der Waals surface area (Å²) < 4.78 is 39.0. The Morgan fingerprint density at radius 2 is 1.58 bits per heavy atom. The number of likely N-dealkylation sites (tertiary alicyclic amines) is 1. The molecule has 1 atom stereocenters. The van der Waals surface area contributed by atoms with Crippen LogP contribution in [0.2, 0.25) is 0 Å². The summed E-state index contributed by atoms with van der Waals surface area (Å²) in [6.07, 6.45) is -2.20. The van der Waals surface area contributed by atoms with Crippen LogP contribution in [-0.2, 0) is 5.60 Å². The molecule has 1 heterocycles. The van der Waals surface area contributed by atoms with Gasteiger partial charge in [-0.15, -0.1) is 0 Å². The average molecular weight is 372 g/mol. The van der Waals surface area contributed by atoms with Crippen LogP contribution in [0.3, 0.4) is 0 Å². The summed E-state index contributed by atoms with van der Waals surface area (Å²) >= 11 is 0. The van der Waals surface area contributed by atoms with Crippen molar-refractivity contribution >= 4 is 11.8 Å². The van der Waals surface area contributed by atoms with Gasteiger partial charge in [-0.05, 0) is 50.3 Å². The molecule has 8 heteroatoms. The summed E-state index contributed by atoms with van der Waals surface area (Å²) in [5, 5.41) is 18.9. The number of piperidine rings is 1. The van der Waals surface area contributed by atoms with Gasteiger partial charge in [-0.1, -0.05) is 12.1 Å². The number of carbonyl (C=O) groups is 1. The SMILES string of the molecule is CC(O)(c1ccc(N(C2CC2)C2CCN(C(=O)O)CC2)cc1)C(F)(F)F. The smallest absolute Gasteiger partial charge is 0.421 e. The lowest BCUT2D eigenvalue weighted by Gasteiger charge is -2.39. The molecule has 2 N–H and O–H groups in total. The van der Waals surface area contributed by atoms with Crippen LogP contribution in [0.5, 0.6) is 0 Å². The standard InChI is InChI=1S/C18H23F3N2O3/c1-17(26,18(19,20)21)12-2-4-13(5-3-12)23(14-6-7-14)15-8-10-22(11-9-15)16(24)25/h2-5,14-15,26H,6-11H2,1H3,(H,24,25). The Morgan fingerprint density at radius 3 is 2.00 bits per heavy atom. The lowest BCUT2D eigenvalue weighted by atomic mass is 9.94. The maximum Gasteiger partial charge on any atom is 0.421 e. The number of alkyl halides is 3. The van der Waals surface area contributed by atoms with E-state index >= 15 is 0 Å². The van der Waals surface area contributed by atoms with E-state index in [2.05, 4.69) is 4.90 Å². The quantitative estimate of drug-likeness (QED) is 0.848. The van der Waals surface area contributed by atoms with Gasteiger partial charge in [-0.25, -0.2) is 4.79 Å². The summed E-state index contributed by atoms with van der Waals surface area (Å²) in [7, 11) is 0. The highest BCUT2D eigenvalue weighted by Crippen LogP contribution is 2.40. The second-order valence-electron chi connectivity index (χ2n) is 7.26. The minimum Gasteiger partial charge on any atom is -0.465 e. The van der Waals surface area contributed by atoms with Crippen molar-refractivity contribution in [1.29, 1.82) is 0 Å². The Morgan fingerprint density at radius 1 is 1.08 bits per heavy atom. The average Bonchev–Trinajstić information content (AvgIpc) is 3.40. The van der Waals surface area contributed by atoms with Gasteiger partial charge in [0.1, 0.15) is 0 Å². The Hall–Kier alpha value is -1.96. The number of amides is 1. The normalized spacial score (nSPS) is 21.3. The van der Waals surface area contributed by atoms with Gasteiger partial charge in [-0.3, -0.25) is 0 Å². The van der Waals surface area contributed by atoms with Crippen molar-refractivity contribution < 1.29 is 28.2 Å². The zero-order valence-corrected chi connectivity index (χ0v) is 14.5. The third-order valence-electron chi connectivity index (χ3n) is 5.35. The Bertz CT molecular complexity index is 649. The van der Waals surface area contributed by atoms with E-state index in [1.165, 1.54) is 17.0 Å². The first kappa shape index (κ1) is 18.8. The van der Waals surface area contributed by atoms with Crippen LogP contribution in [0.15, 0.2) is 24.3 Å². The number of nitrogens with zero attached hydrogens (tertiary/aromatic N) is 2. The second-order valence-corrected chi connectivity index (χ2v) is 7.26. The summed E-state index contributed by atoms with van der Waals surface area (Å²) in [5.74, 6) is 0. The predicted molar refractivity (Wildman–Crippen MR) is 90.2 cm³/mol. The fourth-order valence-electron chi connectivity index (χ4n) is 3.53. The molecule has 1 aliphatic heterocycles. The molecule has 1 saturated heterocycles. The highest BCUT2D eigenvalue weighted by Gasteiger charge is 2.51. The molecule has 1 aromatic rings. The van der Waals surface area contributed by atoms with Crippen molar-refractivity contribution in [3.63, 3.8) is 0 Å². The lowest BCUT2D eigenvalue weighted by Crippen LogP contribution is -2.47. The number of halogens is 3. The van der Waals surface area contributed by atoms with E-state index in [-0.39, 0.29) is 11.6 Å². The summed E-state index contributed by atoms with van der Waals surface area (Å²) in [5.41, 5.74) is -2.25. The third-order valence-corrected chi connectivity index (χ3v) is 5.35. The number of rotatable bonds is 4. The molecule has 2 aliphatic rings. The van der Waals surface area contributed by atoms with Crippen LogP contribution in [0.1, 0.15) is 38.2 Å². The Labute approximate surface area is 150 Å². The zero-order valence-electron chi connectivity index (χ0n) is 14.5. The van der Waals surface area contributed by atoms with Crippen LogP contribution >= 0.6 is 0 Å². The van der Waals surface area contributed by atoms with Crippen LogP contribution < -0.4 is 4.90 Å². The number of aliphatic hydroxyl groups is 1. The molecule has 1 aromatic carbocycles. The van der Waals surface area contributed by atoms with E-state index in [9.17, 15) is 23.1 Å². The first-order valence-electron chi connectivity index (χ1n) is 8.77. The molecule has 0 bridgehead atoms. The van der Waals surface area contributed by atoms with Crippen molar-refractivity contribution in [3.8, 4) is 0 Å². The van der Waals surface area contributed by atoms with Gasteiger partial charge in [0.25, 0.3) is 0 Å². The fraction of sp³-hybridized carbons (Fsp3) is 0.611. The van der Waals surface area contributed by atoms with E-state index in [1.54, 1.807) is 12.1 Å². The number of hydrogen-bond acceptors (Lipinski definition) is 3. The second kappa shape index (κ2) is 6.64. The zero-order chi connectivity index (χ0) is 19.1. The molecule has 0 aromatic heterocycles. The van der Waals surface area contributed by atoms with Gasteiger partial charge < -0.3 is 20.0 Å². The summed E-state index contributed by atoms with van der Waals surface area (Å²) in [6.45, 7) is 1.68. The molecular formula is C18H23F3N2O3. The summed E-state index contributed by atoms with van der Waals surface area (Å²) in [4.78, 5) is 14.7. The monoisotopic (exact) mass is 372 g/mol. The minimum atomic E-state index is -4.74. The predicted octanol–water partition coefficient (Wildman–Crippen LogP) is 3.57. The van der Waals surface area contributed by atoms with Crippen LogP contribution in [0, 0.1) is 0 Å². The molecule has 3 rings (SSSR count). The van der Waals surface area contributed by atoms with Gasteiger partial charge in [0.2, 0.25) is 0 Å². The molecule has 0 spiro atoms. The van der Waals surface area contributed by atoms with Gasteiger partial charge in [0, 0.05) is 30.9 Å². The fourth-order valence-corrected chi connectivity index (χ4v) is 3.53. The van der Waals surface area contributed by atoms with Crippen molar-refractivity contribution in [2.75, 3.05) is 18.0 Å². The maximum absolute atomic E-state index is 13.0. The summed E-state index contributed by atoms with van der Waals surface area (Å²) in [6, 6.07) is 6.42. The number of benzene rings is 1. The molecule has 1 saturated carbocycles. The molecule has 2 fully saturated rings. The van der Waals surface area contributed by atoms with Gasteiger partial charge >= 0.3 is 12.3 Å². The first-order chi connectivity index (χ1) is 12.1. The molecule has 5 nitrogen and oxygen atoms in total. The highest BCUT2D eigenvalue weighted by atomic mass is 19.4. The third kappa shape index (κ3) is 3.60.